The average Bonchev–Trinajstić information content (AvgIpc) is 2.66. The fourth-order valence-corrected chi connectivity index (χ4v) is 2.05. The van der Waals surface area contributed by atoms with Crippen molar-refractivity contribution in [3.05, 3.63) is 18.7 Å². The molecule has 0 saturated carbocycles. The van der Waals surface area contributed by atoms with Crippen molar-refractivity contribution in [2.24, 2.45) is 0 Å². The van der Waals surface area contributed by atoms with Gasteiger partial charge >= 0.3 is 0 Å². The van der Waals surface area contributed by atoms with Gasteiger partial charge in [-0.1, -0.05) is 18.7 Å². The third-order valence-corrected chi connectivity index (χ3v) is 3.44. The summed E-state index contributed by atoms with van der Waals surface area (Å²) in [7, 11) is 0. The number of rotatable bonds is 3. The number of alkyl halides is 1. The summed E-state index contributed by atoms with van der Waals surface area (Å²) in [5, 5.41) is 9.01. The zero-order valence-electron chi connectivity index (χ0n) is 7.59. The monoisotopic (exact) mass is 228 g/mol. The van der Waals surface area contributed by atoms with E-state index < -0.39 is 0 Å². The lowest BCUT2D eigenvalue weighted by atomic mass is 10.6. The lowest BCUT2D eigenvalue weighted by Gasteiger charge is -2.05. The van der Waals surface area contributed by atoms with E-state index in [1.54, 1.807) is 24.3 Å². The van der Waals surface area contributed by atoms with Gasteiger partial charge in [-0.25, -0.2) is 4.98 Å². The van der Waals surface area contributed by atoms with E-state index in [-0.39, 0.29) is 0 Å². The maximum Gasteiger partial charge on any atom is 0.193 e. The van der Waals surface area contributed by atoms with Gasteiger partial charge in [0.15, 0.2) is 5.65 Å². The summed E-state index contributed by atoms with van der Waals surface area (Å²) in [5.74, 6) is 0.599. The summed E-state index contributed by atoms with van der Waals surface area (Å²) in [5.41, 5.74) is 0.787. The Labute approximate surface area is 90.7 Å². The van der Waals surface area contributed by atoms with E-state index in [2.05, 4.69) is 22.1 Å². The van der Waals surface area contributed by atoms with Crippen LogP contribution in [-0.2, 0) is 0 Å². The summed E-state index contributed by atoms with van der Waals surface area (Å²) in [6.07, 6.45) is 5.22. The van der Waals surface area contributed by atoms with Crippen LogP contribution in [0.2, 0.25) is 0 Å². The second kappa shape index (κ2) is 4.14. The van der Waals surface area contributed by atoms with Gasteiger partial charge in [0.1, 0.15) is 11.4 Å². The molecule has 1 atom stereocenters. The van der Waals surface area contributed by atoms with Crippen molar-refractivity contribution in [2.75, 3.05) is 5.88 Å². The molecule has 14 heavy (non-hydrogen) atoms. The molecule has 0 saturated heterocycles. The van der Waals surface area contributed by atoms with E-state index >= 15 is 0 Å². The Morgan fingerprint density at radius 3 is 3.29 bits per heavy atom. The number of aromatic nitrogens is 4. The van der Waals surface area contributed by atoms with Gasteiger partial charge in [-0.15, -0.1) is 21.8 Å². The maximum absolute atomic E-state index is 5.74. The van der Waals surface area contributed by atoms with E-state index in [1.165, 1.54) is 0 Å². The van der Waals surface area contributed by atoms with Crippen LogP contribution in [0.25, 0.3) is 5.65 Å². The summed E-state index contributed by atoms with van der Waals surface area (Å²) in [6, 6.07) is 0. The molecule has 0 amide bonds. The molecule has 1 unspecified atom stereocenters. The Morgan fingerprint density at radius 2 is 2.50 bits per heavy atom. The third-order valence-electron chi connectivity index (χ3n) is 1.71. The van der Waals surface area contributed by atoms with E-state index in [0.717, 1.165) is 10.7 Å². The van der Waals surface area contributed by atoms with Crippen LogP contribution in [-0.4, -0.2) is 30.7 Å². The topological polar surface area (TPSA) is 43.1 Å². The fraction of sp³-hybridized carbons (Fsp3) is 0.375. The van der Waals surface area contributed by atoms with Gasteiger partial charge in [-0.3, -0.25) is 4.40 Å². The van der Waals surface area contributed by atoms with E-state index in [0.29, 0.717) is 11.1 Å². The van der Waals surface area contributed by atoms with E-state index in [4.69, 9.17) is 11.6 Å². The van der Waals surface area contributed by atoms with Crippen LogP contribution in [0.15, 0.2) is 23.7 Å². The Hall–Kier alpha value is -0.810. The Bertz CT molecular complexity index is 430. The van der Waals surface area contributed by atoms with Crippen molar-refractivity contribution in [1.82, 2.24) is 19.6 Å². The van der Waals surface area contributed by atoms with Crippen LogP contribution in [0.3, 0.4) is 0 Å². The molecule has 0 bridgehead atoms. The Morgan fingerprint density at radius 1 is 1.64 bits per heavy atom. The minimum Gasteiger partial charge on any atom is -0.285 e. The summed E-state index contributed by atoms with van der Waals surface area (Å²) in [6.45, 7) is 2.05. The molecule has 0 N–H and O–H groups in total. The molecule has 4 nitrogen and oxygen atoms in total. The second-order valence-corrected chi connectivity index (χ2v) is 4.61. The van der Waals surface area contributed by atoms with Crippen LogP contribution in [0.5, 0.6) is 0 Å². The number of hydrogen-bond donors (Lipinski definition) is 0. The van der Waals surface area contributed by atoms with Crippen molar-refractivity contribution in [3.8, 4) is 0 Å². The number of hydrogen-bond acceptors (Lipinski definition) is 4. The van der Waals surface area contributed by atoms with Gasteiger partial charge in [0.2, 0.25) is 0 Å². The van der Waals surface area contributed by atoms with Crippen molar-refractivity contribution in [3.63, 3.8) is 0 Å². The molecule has 74 valence electrons. The largest absolute Gasteiger partial charge is 0.285 e. The van der Waals surface area contributed by atoms with Crippen LogP contribution >= 0.6 is 23.4 Å². The first-order valence-corrected chi connectivity index (χ1v) is 5.59. The smallest absolute Gasteiger partial charge is 0.193 e. The van der Waals surface area contributed by atoms with Gasteiger partial charge in [0.05, 0.1) is 0 Å². The van der Waals surface area contributed by atoms with Crippen molar-refractivity contribution >= 4 is 29.0 Å². The zero-order chi connectivity index (χ0) is 9.97. The SMILES string of the molecule is CC(CCl)Sc1nccn2cnnc12. The fourth-order valence-electron chi connectivity index (χ4n) is 1.04. The quantitative estimate of drug-likeness (QED) is 0.594. The predicted molar refractivity (Wildman–Crippen MR) is 56.8 cm³/mol. The minimum atomic E-state index is 0.326. The highest BCUT2D eigenvalue weighted by Crippen LogP contribution is 2.24. The molecule has 0 fully saturated rings. The normalized spacial score (nSPS) is 13.3. The van der Waals surface area contributed by atoms with Crippen molar-refractivity contribution in [1.29, 1.82) is 0 Å². The first kappa shape index (κ1) is 9.73. The molecule has 0 aliphatic rings. The van der Waals surface area contributed by atoms with E-state index in [9.17, 15) is 0 Å². The van der Waals surface area contributed by atoms with Gasteiger partial charge in [-0.2, -0.15) is 0 Å². The minimum absolute atomic E-state index is 0.326. The van der Waals surface area contributed by atoms with E-state index in [1.807, 2.05) is 10.6 Å². The highest BCUT2D eigenvalue weighted by atomic mass is 35.5. The van der Waals surface area contributed by atoms with Gasteiger partial charge in [0.25, 0.3) is 0 Å². The summed E-state index contributed by atoms with van der Waals surface area (Å²) < 4.78 is 1.84. The number of halogens is 1. The molecule has 0 aromatic carbocycles. The molecule has 2 rings (SSSR count). The van der Waals surface area contributed by atoms with Crippen molar-refractivity contribution < 1.29 is 0 Å². The highest BCUT2D eigenvalue weighted by Gasteiger charge is 2.09. The average molecular weight is 229 g/mol. The second-order valence-electron chi connectivity index (χ2n) is 2.88. The lowest BCUT2D eigenvalue weighted by molar-refractivity contribution is 1.02. The molecular formula is C8H9ClN4S. The molecule has 0 aliphatic carbocycles. The molecular weight excluding hydrogens is 220 g/mol. The molecule has 2 heterocycles. The molecule has 0 radical (unpaired) electrons. The summed E-state index contributed by atoms with van der Waals surface area (Å²) in [4.78, 5) is 4.25. The number of thioether (sulfide) groups is 1. The molecule has 0 spiro atoms. The zero-order valence-corrected chi connectivity index (χ0v) is 9.16. The van der Waals surface area contributed by atoms with Crippen molar-refractivity contribution in [2.45, 2.75) is 17.2 Å². The van der Waals surface area contributed by atoms with Crippen LogP contribution < -0.4 is 0 Å². The van der Waals surface area contributed by atoms with Crippen LogP contribution in [0, 0.1) is 0 Å². The van der Waals surface area contributed by atoms with Crippen LogP contribution in [0.4, 0.5) is 0 Å². The maximum atomic E-state index is 5.74. The highest BCUT2D eigenvalue weighted by molar-refractivity contribution is 8.00. The Balaban J connectivity index is 2.36. The standard InChI is InChI=1S/C8H9ClN4S/c1-6(4-9)14-8-7-12-11-5-13(7)3-2-10-8/h2-3,5-6H,4H2,1H3. The van der Waals surface area contributed by atoms with Crippen LogP contribution in [0.1, 0.15) is 6.92 Å². The third kappa shape index (κ3) is 1.83. The molecule has 6 heteroatoms. The number of fused-ring (bicyclic) bond motifs is 1. The number of nitrogens with zero attached hydrogens (tertiary/aromatic N) is 4. The first-order chi connectivity index (χ1) is 6.81. The predicted octanol–water partition coefficient (Wildman–Crippen LogP) is 1.84. The first-order valence-electron chi connectivity index (χ1n) is 4.18. The van der Waals surface area contributed by atoms with Gasteiger partial charge in [-0.05, 0) is 0 Å². The molecule has 2 aromatic rings. The molecule has 0 aliphatic heterocycles. The lowest BCUT2D eigenvalue weighted by Crippen LogP contribution is -1.99. The molecule has 2 aromatic heterocycles. The van der Waals surface area contributed by atoms with Gasteiger partial charge in [0, 0.05) is 23.5 Å². The Kier molecular flexibility index (Phi) is 2.88. The summed E-state index contributed by atoms with van der Waals surface area (Å²) >= 11 is 7.35. The van der Waals surface area contributed by atoms with Gasteiger partial charge < -0.3 is 0 Å².